The molecule has 1 heterocycles. The predicted molar refractivity (Wildman–Crippen MR) is 86.7 cm³/mol. The smallest absolute Gasteiger partial charge is 0.253 e. The Morgan fingerprint density at radius 1 is 1.23 bits per heavy atom. The van der Waals surface area contributed by atoms with Crippen molar-refractivity contribution in [3.63, 3.8) is 0 Å². The first-order chi connectivity index (χ1) is 10.7. The van der Waals surface area contributed by atoms with Crippen molar-refractivity contribution in [3.8, 4) is 0 Å². The van der Waals surface area contributed by atoms with E-state index in [2.05, 4.69) is 5.10 Å². The highest BCUT2D eigenvalue weighted by Crippen LogP contribution is 2.23. The topological polar surface area (TPSA) is 38.1 Å². The van der Waals surface area contributed by atoms with Gasteiger partial charge < -0.3 is 4.90 Å². The van der Waals surface area contributed by atoms with E-state index in [4.69, 9.17) is 0 Å². The normalized spacial score (nSPS) is 15.7. The van der Waals surface area contributed by atoms with Gasteiger partial charge in [-0.05, 0) is 36.6 Å². The van der Waals surface area contributed by atoms with Gasteiger partial charge in [0.15, 0.2) is 0 Å². The van der Waals surface area contributed by atoms with E-state index in [1.165, 1.54) is 19.3 Å². The van der Waals surface area contributed by atoms with E-state index in [1.54, 1.807) is 6.20 Å². The molecule has 1 aromatic carbocycles. The lowest BCUT2D eigenvalue weighted by Gasteiger charge is -2.31. The minimum Gasteiger partial charge on any atom is -0.339 e. The monoisotopic (exact) mass is 297 g/mol. The van der Waals surface area contributed by atoms with Crippen molar-refractivity contribution < 1.29 is 4.79 Å². The molecular formula is C18H23N3O. The zero-order valence-electron chi connectivity index (χ0n) is 13.1. The van der Waals surface area contributed by atoms with Gasteiger partial charge in [0.2, 0.25) is 0 Å². The van der Waals surface area contributed by atoms with Crippen LogP contribution in [0.25, 0.3) is 0 Å². The zero-order chi connectivity index (χ0) is 15.4. The highest BCUT2D eigenvalue weighted by atomic mass is 16.2. The Hall–Kier alpha value is -2.10. The van der Waals surface area contributed by atoms with E-state index < -0.39 is 0 Å². The number of carbonyl (C=O) groups excluding carboxylic acids is 1. The molecule has 1 aromatic heterocycles. The molecule has 2 aromatic rings. The molecule has 0 saturated heterocycles. The van der Waals surface area contributed by atoms with Gasteiger partial charge in [-0.1, -0.05) is 31.4 Å². The molecule has 1 fully saturated rings. The maximum Gasteiger partial charge on any atom is 0.253 e. The first-order valence-corrected chi connectivity index (χ1v) is 8.07. The molecule has 0 radical (unpaired) electrons. The SMILES string of the molecule is CN(C(=O)c1ccc(Cn2cccn2)cc1)C1CCCCC1. The van der Waals surface area contributed by atoms with E-state index in [0.29, 0.717) is 6.04 Å². The van der Waals surface area contributed by atoms with Crippen LogP contribution in [0.4, 0.5) is 0 Å². The Morgan fingerprint density at radius 2 is 1.95 bits per heavy atom. The summed E-state index contributed by atoms with van der Waals surface area (Å²) < 4.78 is 1.88. The number of amides is 1. The van der Waals surface area contributed by atoms with E-state index in [0.717, 1.165) is 30.5 Å². The molecule has 4 heteroatoms. The molecule has 0 N–H and O–H groups in total. The average molecular weight is 297 g/mol. The van der Waals surface area contributed by atoms with Crippen LogP contribution < -0.4 is 0 Å². The van der Waals surface area contributed by atoms with Gasteiger partial charge in [-0.3, -0.25) is 9.48 Å². The Balaban J connectivity index is 1.65. The lowest BCUT2D eigenvalue weighted by atomic mass is 9.94. The fourth-order valence-electron chi connectivity index (χ4n) is 3.17. The van der Waals surface area contributed by atoms with Gasteiger partial charge in [-0.2, -0.15) is 5.10 Å². The second kappa shape index (κ2) is 6.77. The summed E-state index contributed by atoms with van der Waals surface area (Å²) in [5.74, 6) is 0.137. The molecule has 1 aliphatic carbocycles. The lowest BCUT2D eigenvalue weighted by Crippen LogP contribution is -2.38. The van der Waals surface area contributed by atoms with E-state index in [-0.39, 0.29) is 5.91 Å². The molecule has 0 aliphatic heterocycles. The summed E-state index contributed by atoms with van der Waals surface area (Å²) in [4.78, 5) is 14.5. The number of carbonyl (C=O) groups is 1. The van der Waals surface area contributed by atoms with Crippen LogP contribution in [0.1, 0.15) is 48.0 Å². The van der Waals surface area contributed by atoms with Gasteiger partial charge in [-0.15, -0.1) is 0 Å². The van der Waals surface area contributed by atoms with Crippen molar-refractivity contribution in [2.45, 2.75) is 44.7 Å². The van der Waals surface area contributed by atoms with E-state index >= 15 is 0 Å². The van der Waals surface area contributed by atoms with Gasteiger partial charge in [-0.25, -0.2) is 0 Å². The maximum absolute atomic E-state index is 12.6. The number of rotatable bonds is 4. The van der Waals surface area contributed by atoms with Crippen LogP contribution in [0, 0.1) is 0 Å². The Bertz CT molecular complexity index is 598. The average Bonchev–Trinajstić information content (AvgIpc) is 3.08. The summed E-state index contributed by atoms with van der Waals surface area (Å²) in [6, 6.07) is 10.2. The summed E-state index contributed by atoms with van der Waals surface area (Å²) in [6.07, 6.45) is 9.78. The molecular weight excluding hydrogens is 274 g/mol. The standard InChI is InChI=1S/C18H23N3O/c1-20(17-6-3-2-4-7-17)18(22)16-10-8-15(9-11-16)14-21-13-5-12-19-21/h5,8-13,17H,2-4,6-7,14H2,1H3. The van der Waals surface area contributed by atoms with Crippen molar-refractivity contribution >= 4 is 5.91 Å². The van der Waals surface area contributed by atoms with Crippen molar-refractivity contribution in [2.24, 2.45) is 0 Å². The summed E-state index contributed by atoms with van der Waals surface area (Å²) in [5, 5.41) is 4.20. The third-order valence-corrected chi connectivity index (χ3v) is 4.55. The second-order valence-corrected chi connectivity index (χ2v) is 6.11. The third-order valence-electron chi connectivity index (χ3n) is 4.55. The van der Waals surface area contributed by atoms with E-state index in [9.17, 15) is 4.79 Å². The fourth-order valence-corrected chi connectivity index (χ4v) is 3.17. The maximum atomic E-state index is 12.6. The van der Waals surface area contributed by atoms with Gasteiger partial charge in [0.1, 0.15) is 0 Å². The quantitative estimate of drug-likeness (QED) is 0.868. The van der Waals surface area contributed by atoms with Gasteiger partial charge in [0.25, 0.3) is 5.91 Å². The minimum absolute atomic E-state index is 0.137. The molecule has 116 valence electrons. The molecule has 1 aliphatic rings. The fraction of sp³-hybridized carbons (Fsp3) is 0.444. The first kappa shape index (κ1) is 14.8. The van der Waals surface area contributed by atoms with Crippen LogP contribution >= 0.6 is 0 Å². The van der Waals surface area contributed by atoms with Gasteiger partial charge >= 0.3 is 0 Å². The summed E-state index contributed by atoms with van der Waals surface area (Å²) >= 11 is 0. The van der Waals surface area contributed by atoms with Crippen molar-refractivity contribution in [1.29, 1.82) is 0 Å². The number of hydrogen-bond donors (Lipinski definition) is 0. The first-order valence-electron chi connectivity index (χ1n) is 8.07. The summed E-state index contributed by atoms with van der Waals surface area (Å²) in [6.45, 7) is 0.736. The molecule has 1 amide bonds. The molecule has 0 atom stereocenters. The highest BCUT2D eigenvalue weighted by Gasteiger charge is 2.22. The molecule has 1 saturated carbocycles. The number of hydrogen-bond acceptors (Lipinski definition) is 2. The number of benzene rings is 1. The van der Waals surface area contributed by atoms with Crippen molar-refractivity contribution in [2.75, 3.05) is 7.05 Å². The van der Waals surface area contributed by atoms with Crippen LogP contribution in [-0.2, 0) is 6.54 Å². The van der Waals surface area contributed by atoms with Crippen LogP contribution in [-0.4, -0.2) is 33.7 Å². The van der Waals surface area contributed by atoms with Crippen LogP contribution in [0.2, 0.25) is 0 Å². The summed E-state index contributed by atoms with van der Waals surface area (Å²) in [5.41, 5.74) is 1.93. The zero-order valence-corrected chi connectivity index (χ0v) is 13.1. The van der Waals surface area contributed by atoms with Gasteiger partial charge in [0, 0.05) is 31.0 Å². The van der Waals surface area contributed by atoms with E-state index in [1.807, 2.05) is 53.2 Å². The molecule has 22 heavy (non-hydrogen) atoms. The van der Waals surface area contributed by atoms with Crippen molar-refractivity contribution in [3.05, 3.63) is 53.9 Å². The molecule has 3 rings (SSSR count). The highest BCUT2D eigenvalue weighted by molar-refractivity contribution is 5.94. The second-order valence-electron chi connectivity index (χ2n) is 6.11. The minimum atomic E-state index is 0.137. The third kappa shape index (κ3) is 3.38. The van der Waals surface area contributed by atoms with Crippen LogP contribution in [0.15, 0.2) is 42.7 Å². The molecule has 4 nitrogen and oxygen atoms in total. The Kier molecular flexibility index (Phi) is 4.56. The Labute approximate surface area is 131 Å². The largest absolute Gasteiger partial charge is 0.339 e. The Morgan fingerprint density at radius 3 is 2.59 bits per heavy atom. The van der Waals surface area contributed by atoms with Crippen molar-refractivity contribution in [1.82, 2.24) is 14.7 Å². The molecule has 0 bridgehead atoms. The predicted octanol–water partition coefficient (Wildman–Crippen LogP) is 3.34. The molecule has 0 spiro atoms. The van der Waals surface area contributed by atoms with Crippen LogP contribution in [0.3, 0.4) is 0 Å². The number of nitrogens with zero attached hydrogens (tertiary/aromatic N) is 3. The lowest BCUT2D eigenvalue weighted by molar-refractivity contribution is 0.0696. The number of aromatic nitrogens is 2. The van der Waals surface area contributed by atoms with Crippen LogP contribution in [0.5, 0.6) is 0 Å². The summed E-state index contributed by atoms with van der Waals surface area (Å²) in [7, 11) is 1.94. The molecule has 0 unspecified atom stereocenters. The van der Waals surface area contributed by atoms with Gasteiger partial charge in [0.05, 0.1) is 6.54 Å².